The molecule has 0 aliphatic rings. The molecule has 0 amide bonds. The van der Waals surface area contributed by atoms with Crippen molar-refractivity contribution in [1.29, 1.82) is 0 Å². The summed E-state index contributed by atoms with van der Waals surface area (Å²) < 4.78 is 1.17. The van der Waals surface area contributed by atoms with Crippen molar-refractivity contribution >= 4 is 26.7 Å². The molecule has 2 aromatic heterocycles. The Morgan fingerprint density at radius 1 is 1.04 bits per heavy atom. The van der Waals surface area contributed by atoms with Crippen LogP contribution in [0.15, 0.2) is 59.6 Å². The van der Waals surface area contributed by atoms with Gasteiger partial charge in [0.05, 0.1) is 0 Å². The molecule has 3 nitrogen and oxygen atoms in total. The Bertz CT molecular complexity index is 805. The summed E-state index contributed by atoms with van der Waals surface area (Å²) in [6.45, 7) is 3.14. The highest BCUT2D eigenvalue weighted by Crippen LogP contribution is 2.27. The van der Waals surface area contributed by atoms with Gasteiger partial charge in [-0.3, -0.25) is 9.97 Å². The van der Waals surface area contributed by atoms with E-state index in [9.17, 15) is 0 Å². The van der Waals surface area contributed by atoms with E-state index in [0.29, 0.717) is 6.04 Å². The SMILES string of the molecule is C[C@H](CCCCc1cccnc1)NCc1ccc2cnccc2c1Br. The highest BCUT2D eigenvalue weighted by Gasteiger charge is 2.07. The molecular weight excluding hydrogens is 374 g/mol. The number of benzene rings is 1. The number of rotatable bonds is 8. The molecule has 0 saturated carbocycles. The minimum Gasteiger partial charge on any atom is -0.310 e. The molecule has 0 unspecified atom stereocenters. The van der Waals surface area contributed by atoms with Gasteiger partial charge in [-0.15, -0.1) is 0 Å². The maximum Gasteiger partial charge on any atom is 0.0346 e. The third kappa shape index (κ3) is 5.10. The Labute approximate surface area is 158 Å². The number of fused-ring (bicyclic) bond motifs is 1. The fourth-order valence-electron chi connectivity index (χ4n) is 3.02. The van der Waals surface area contributed by atoms with Crippen LogP contribution in [-0.4, -0.2) is 16.0 Å². The van der Waals surface area contributed by atoms with Crippen LogP contribution in [0.3, 0.4) is 0 Å². The van der Waals surface area contributed by atoms with Crippen LogP contribution >= 0.6 is 15.9 Å². The molecule has 0 aliphatic heterocycles. The van der Waals surface area contributed by atoms with Gasteiger partial charge in [0.1, 0.15) is 0 Å². The minimum absolute atomic E-state index is 0.508. The van der Waals surface area contributed by atoms with Gasteiger partial charge < -0.3 is 5.32 Å². The zero-order valence-corrected chi connectivity index (χ0v) is 16.2. The van der Waals surface area contributed by atoms with Crippen molar-refractivity contribution in [2.24, 2.45) is 0 Å². The van der Waals surface area contributed by atoms with Crippen molar-refractivity contribution in [3.63, 3.8) is 0 Å². The first-order valence-corrected chi connectivity index (χ1v) is 9.67. The average molecular weight is 398 g/mol. The maximum atomic E-state index is 4.18. The van der Waals surface area contributed by atoms with Crippen molar-refractivity contribution in [3.05, 3.63) is 70.7 Å². The summed E-state index contributed by atoms with van der Waals surface area (Å²) in [4.78, 5) is 8.35. The third-order valence-electron chi connectivity index (χ3n) is 4.55. The zero-order chi connectivity index (χ0) is 17.5. The minimum atomic E-state index is 0.508. The lowest BCUT2D eigenvalue weighted by atomic mass is 10.1. The van der Waals surface area contributed by atoms with E-state index in [0.717, 1.165) is 13.0 Å². The van der Waals surface area contributed by atoms with E-state index in [-0.39, 0.29) is 0 Å². The summed E-state index contributed by atoms with van der Waals surface area (Å²) in [5.74, 6) is 0. The Morgan fingerprint density at radius 2 is 1.92 bits per heavy atom. The Balaban J connectivity index is 1.44. The quantitative estimate of drug-likeness (QED) is 0.525. The number of aryl methyl sites for hydroxylation is 1. The second-order valence-corrected chi connectivity index (χ2v) is 7.32. The largest absolute Gasteiger partial charge is 0.310 e. The number of halogens is 1. The highest BCUT2D eigenvalue weighted by atomic mass is 79.9. The van der Waals surface area contributed by atoms with Crippen LogP contribution in [0.4, 0.5) is 0 Å². The first-order chi connectivity index (χ1) is 12.2. The summed E-state index contributed by atoms with van der Waals surface area (Å²) in [5, 5.41) is 6.03. The van der Waals surface area contributed by atoms with E-state index in [1.807, 2.05) is 30.9 Å². The molecule has 130 valence electrons. The van der Waals surface area contributed by atoms with Gasteiger partial charge in [-0.2, -0.15) is 0 Å². The molecule has 0 aliphatic carbocycles. The number of nitrogens with zero attached hydrogens (tertiary/aromatic N) is 2. The van der Waals surface area contributed by atoms with Crippen LogP contribution in [-0.2, 0) is 13.0 Å². The van der Waals surface area contributed by atoms with Gasteiger partial charge in [0, 0.05) is 47.2 Å². The van der Waals surface area contributed by atoms with Crippen molar-refractivity contribution in [2.45, 2.75) is 45.2 Å². The van der Waals surface area contributed by atoms with E-state index in [1.54, 1.807) is 0 Å². The lowest BCUT2D eigenvalue weighted by Gasteiger charge is -2.15. The number of hydrogen-bond donors (Lipinski definition) is 1. The molecule has 4 heteroatoms. The average Bonchev–Trinajstić information content (AvgIpc) is 2.66. The van der Waals surface area contributed by atoms with E-state index in [2.05, 4.69) is 62.4 Å². The van der Waals surface area contributed by atoms with Gasteiger partial charge in [-0.1, -0.05) is 24.6 Å². The molecule has 0 spiro atoms. The Morgan fingerprint density at radius 3 is 2.76 bits per heavy atom. The summed E-state index contributed by atoms with van der Waals surface area (Å²) in [6, 6.07) is 11.1. The molecule has 0 bridgehead atoms. The van der Waals surface area contributed by atoms with Crippen molar-refractivity contribution in [2.75, 3.05) is 0 Å². The fourth-order valence-corrected chi connectivity index (χ4v) is 3.66. The highest BCUT2D eigenvalue weighted by molar-refractivity contribution is 9.10. The van der Waals surface area contributed by atoms with Gasteiger partial charge >= 0.3 is 0 Å². The van der Waals surface area contributed by atoms with Crippen LogP contribution in [0.2, 0.25) is 0 Å². The van der Waals surface area contributed by atoms with E-state index in [4.69, 9.17) is 0 Å². The van der Waals surface area contributed by atoms with Crippen LogP contribution in [0.1, 0.15) is 37.3 Å². The van der Waals surface area contributed by atoms with Crippen LogP contribution in [0.5, 0.6) is 0 Å². The van der Waals surface area contributed by atoms with Crippen molar-refractivity contribution in [3.8, 4) is 0 Å². The zero-order valence-electron chi connectivity index (χ0n) is 14.6. The summed E-state index contributed by atoms with van der Waals surface area (Å²) in [7, 11) is 0. The Kier molecular flexibility index (Phi) is 6.54. The molecule has 1 N–H and O–H groups in total. The van der Waals surface area contributed by atoms with Crippen LogP contribution in [0.25, 0.3) is 10.8 Å². The fraction of sp³-hybridized carbons (Fsp3) is 0.333. The van der Waals surface area contributed by atoms with Crippen molar-refractivity contribution < 1.29 is 0 Å². The van der Waals surface area contributed by atoms with Gasteiger partial charge in [-0.05, 0) is 70.8 Å². The van der Waals surface area contributed by atoms with E-state index in [1.165, 1.54) is 45.6 Å². The Hall–Kier alpha value is -1.78. The monoisotopic (exact) mass is 397 g/mol. The summed E-state index contributed by atoms with van der Waals surface area (Å²) in [5.41, 5.74) is 2.62. The first kappa shape index (κ1) is 18.0. The lowest BCUT2D eigenvalue weighted by molar-refractivity contribution is 0.488. The normalized spacial score (nSPS) is 12.4. The van der Waals surface area contributed by atoms with Crippen LogP contribution < -0.4 is 5.32 Å². The molecule has 3 aromatic rings. The second-order valence-electron chi connectivity index (χ2n) is 6.52. The standard InChI is InChI=1S/C21H24BrN3/c1-16(5-2-3-6-17-7-4-11-23-13-17)25-15-19-9-8-18-14-24-12-10-20(18)21(19)22/h4,7-14,16,25H,2-3,5-6,15H2,1H3/t16-/m1/s1. The lowest BCUT2D eigenvalue weighted by Crippen LogP contribution is -2.25. The molecule has 3 rings (SSSR count). The van der Waals surface area contributed by atoms with Gasteiger partial charge in [0.25, 0.3) is 0 Å². The van der Waals surface area contributed by atoms with E-state index >= 15 is 0 Å². The second kappa shape index (κ2) is 9.07. The van der Waals surface area contributed by atoms with Gasteiger partial charge in [-0.25, -0.2) is 0 Å². The number of nitrogens with one attached hydrogen (secondary N) is 1. The number of pyridine rings is 2. The predicted octanol–water partition coefficient (Wildman–Crippen LogP) is 5.28. The number of hydrogen-bond acceptors (Lipinski definition) is 3. The molecule has 1 atom stereocenters. The molecule has 25 heavy (non-hydrogen) atoms. The van der Waals surface area contributed by atoms with Crippen molar-refractivity contribution in [1.82, 2.24) is 15.3 Å². The molecule has 0 saturated heterocycles. The molecular formula is C21H24BrN3. The van der Waals surface area contributed by atoms with E-state index < -0.39 is 0 Å². The third-order valence-corrected chi connectivity index (χ3v) is 5.49. The molecule has 0 fully saturated rings. The number of unbranched alkanes of at least 4 members (excludes halogenated alkanes) is 1. The smallest absolute Gasteiger partial charge is 0.0346 e. The molecule has 2 heterocycles. The maximum absolute atomic E-state index is 4.18. The molecule has 1 aromatic carbocycles. The van der Waals surface area contributed by atoms with Gasteiger partial charge in [0.15, 0.2) is 0 Å². The topological polar surface area (TPSA) is 37.8 Å². The predicted molar refractivity (Wildman–Crippen MR) is 108 cm³/mol. The molecule has 0 radical (unpaired) electrons. The summed E-state index contributed by atoms with van der Waals surface area (Å²) in [6.07, 6.45) is 12.3. The van der Waals surface area contributed by atoms with Gasteiger partial charge in [0.2, 0.25) is 0 Å². The summed E-state index contributed by atoms with van der Waals surface area (Å²) >= 11 is 3.75. The van der Waals surface area contributed by atoms with Crippen LogP contribution in [0, 0.1) is 0 Å². The number of aromatic nitrogens is 2. The first-order valence-electron chi connectivity index (χ1n) is 8.87.